The van der Waals surface area contributed by atoms with Crippen molar-refractivity contribution in [1.29, 1.82) is 0 Å². The maximum absolute atomic E-state index is 12.0. The van der Waals surface area contributed by atoms with Gasteiger partial charge in [-0.25, -0.2) is 0 Å². The van der Waals surface area contributed by atoms with Crippen molar-refractivity contribution in [2.45, 2.75) is 57.1 Å². The zero-order valence-corrected chi connectivity index (χ0v) is 10.5. The Kier molecular flexibility index (Phi) is 4.80. The minimum Gasteiger partial charge on any atom is -0.376 e. The van der Waals surface area contributed by atoms with Gasteiger partial charge < -0.3 is 15.8 Å². The molecule has 1 aliphatic heterocycles. The molecule has 3 atom stereocenters. The molecule has 0 bridgehead atoms. The van der Waals surface area contributed by atoms with E-state index in [0.717, 1.165) is 45.1 Å². The second-order valence-electron chi connectivity index (χ2n) is 5.29. The van der Waals surface area contributed by atoms with Crippen LogP contribution in [0.1, 0.15) is 44.9 Å². The quantitative estimate of drug-likeness (QED) is 0.779. The van der Waals surface area contributed by atoms with Crippen LogP contribution in [0.3, 0.4) is 0 Å². The molecular weight excluding hydrogens is 216 g/mol. The molecule has 0 aromatic carbocycles. The first-order valence-electron chi connectivity index (χ1n) is 6.92. The zero-order chi connectivity index (χ0) is 12.1. The van der Waals surface area contributed by atoms with E-state index in [4.69, 9.17) is 10.5 Å². The van der Waals surface area contributed by atoms with Crippen LogP contribution in [-0.4, -0.2) is 31.2 Å². The maximum atomic E-state index is 12.0. The summed E-state index contributed by atoms with van der Waals surface area (Å²) in [6.07, 6.45) is 7.87. The summed E-state index contributed by atoms with van der Waals surface area (Å²) < 4.78 is 5.60. The van der Waals surface area contributed by atoms with Gasteiger partial charge in [-0.1, -0.05) is 12.8 Å². The van der Waals surface area contributed by atoms with Gasteiger partial charge in [0.25, 0.3) is 0 Å². The monoisotopic (exact) mass is 240 g/mol. The molecule has 2 rings (SSSR count). The summed E-state index contributed by atoms with van der Waals surface area (Å²) in [6, 6.07) is 0.0519. The molecule has 1 saturated heterocycles. The van der Waals surface area contributed by atoms with Crippen molar-refractivity contribution < 1.29 is 9.53 Å². The predicted molar refractivity (Wildman–Crippen MR) is 66.5 cm³/mol. The van der Waals surface area contributed by atoms with Crippen molar-refractivity contribution in [2.75, 3.05) is 13.2 Å². The molecule has 17 heavy (non-hydrogen) atoms. The topological polar surface area (TPSA) is 64.4 Å². The van der Waals surface area contributed by atoms with Gasteiger partial charge >= 0.3 is 0 Å². The summed E-state index contributed by atoms with van der Waals surface area (Å²) in [4.78, 5) is 12.0. The maximum Gasteiger partial charge on any atom is 0.224 e. The van der Waals surface area contributed by atoms with E-state index in [9.17, 15) is 4.79 Å². The zero-order valence-electron chi connectivity index (χ0n) is 10.5. The Hall–Kier alpha value is -0.610. The fraction of sp³-hybridized carbons (Fsp3) is 0.923. The number of carbonyl (C=O) groups excluding carboxylic acids is 1. The van der Waals surface area contributed by atoms with E-state index < -0.39 is 0 Å². The largest absolute Gasteiger partial charge is 0.376 e. The highest BCUT2D eigenvalue weighted by Gasteiger charge is 2.28. The van der Waals surface area contributed by atoms with Gasteiger partial charge in [0, 0.05) is 19.2 Å². The third kappa shape index (κ3) is 3.68. The van der Waals surface area contributed by atoms with E-state index in [2.05, 4.69) is 5.32 Å². The summed E-state index contributed by atoms with van der Waals surface area (Å²) in [7, 11) is 0. The molecule has 3 unspecified atom stereocenters. The number of ether oxygens (including phenoxy) is 1. The molecule has 1 heterocycles. The lowest BCUT2D eigenvalue weighted by Crippen LogP contribution is -2.46. The van der Waals surface area contributed by atoms with Gasteiger partial charge in [0.05, 0.1) is 12.0 Å². The van der Waals surface area contributed by atoms with Crippen LogP contribution in [0.25, 0.3) is 0 Å². The minimum absolute atomic E-state index is 0.0207. The minimum atomic E-state index is 0.0207. The van der Waals surface area contributed by atoms with E-state index >= 15 is 0 Å². The Morgan fingerprint density at radius 1 is 1.18 bits per heavy atom. The van der Waals surface area contributed by atoms with Crippen molar-refractivity contribution in [2.24, 2.45) is 11.7 Å². The molecular formula is C13H24N2O2. The number of hydrogen-bond donors (Lipinski definition) is 2. The van der Waals surface area contributed by atoms with Crippen molar-refractivity contribution in [1.82, 2.24) is 5.32 Å². The number of nitrogens with one attached hydrogen (secondary N) is 1. The third-order valence-electron chi connectivity index (χ3n) is 3.93. The van der Waals surface area contributed by atoms with Crippen LogP contribution >= 0.6 is 0 Å². The van der Waals surface area contributed by atoms with Gasteiger partial charge in [-0.05, 0) is 32.1 Å². The first-order valence-corrected chi connectivity index (χ1v) is 6.92. The molecule has 1 saturated carbocycles. The highest BCUT2D eigenvalue weighted by molar-refractivity contribution is 5.79. The SMILES string of the molecule is NC1CCCCC1C(=O)NCC1CCCCO1. The molecule has 4 heteroatoms. The second kappa shape index (κ2) is 6.36. The van der Waals surface area contributed by atoms with Crippen molar-refractivity contribution >= 4 is 5.91 Å². The van der Waals surface area contributed by atoms with Crippen LogP contribution in [0.2, 0.25) is 0 Å². The number of amides is 1. The summed E-state index contributed by atoms with van der Waals surface area (Å²) >= 11 is 0. The van der Waals surface area contributed by atoms with Gasteiger partial charge in [0.15, 0.2) is 0 Å². The summed E-state index contributed by atoms with van der Waals surface area (Å²) in [5.74, 6) is 0.152. The van der Waals surface area contributed by atoms with Crippen LogP contribution in [0.5, 0.6) is 0 Å². The number of carbonyl (C=O) groups is 1. The first-order chi connectivity index (χ1) is 8.27. The number of nitrogens with two attached hydrogens (primary N) is 1. The molecule has 98 valence electrons. The lowest BCUT2D eigenvalue weighted by atomic mass is 9.84. The Labute approximate surface area is 103 Å². The molecule has 0 aromatic rings. The number of hydrogen-bond acceptors (Lipinski definition) is 3. The Bertz CT molecular complexity index is 252. The van der Waals surface area contributed by atoms with Gasteiger partial charge in [-0.15, -0.1) is 0 Å². The van der Waals surface area contributed by atoms with Gasteiger partial charge in [0.2, 0.25) is 5.91 Å². The third-order valence-corrected chi connectivity index (χ3v) is 3.93. The van der Waals surface area contributed by atoms with E-state index in [1.165, 1.54) is 6.42 Å². The smallest absolute Gasteiger partial charge is 0.224 e. The lowest BCUT2D eigenvalue weighted by Gasteiger charge is -2.29. The fourth-order valence-corrected chi connectivity index (χ4v) is 2.80. The van der Waals surface area contributed by atoms with Crippen LogP contribution in [-0.2, 0) is 9.53 Å². The molecule has 1 amide bonds. The second-order valence-corrected chi connectivity index (χ2v) is 5.29. The molecule has 2 fully saturated rings. The van der Waals surface area contributed by atoms with E-state index in [-0.39, 0.29) is 24.0 Å². The highest BCUT2D eigenvalue weighted by Crippen LogP contribution is 2.23. The molecule has 0 spiro atoms. The van der Waals surface area contributed by atoms with Crippen LogP contribution in [0.15, 0.2) is 0 Å². The Morgan fingerprint density at radius 2 is 1.94 bits per heavy atom. The van der Waals surface area contributed by atoms with Gasteiger partial charge in [0.1, 0.15) is 0 Å². The standard InChI is InChI=1S/C13H24N2O2/c14-12-7-2-1-6-11(12)13(16)15-9-10-5-3-4-8-17-10/h10-12H,1-9,14H2,(H,15,16). The summed E-state index contributed by atoms with van der Waals surface area (Å²) in [6.45, 7) is 1.49. The van der Waals surface area contributed by atoms with Crippen LogP contribution in [0, 0.1) is 5.92 Å². The Morgan fingerprint density at radius 3 is 2.65 bits per heavy atom. The lowest BCUT2D eigenvalue weighted by molar-refractivity contribution is -0.127. The van der Waals surface area contributed by atoms with E-state index in [1.54, 1.807) is 0 Å². The van der Waals surface area contributed by atoms with Crippen molar-refractivity contribution in [3.05, 3.63) is 0 Å². The molecule has 0 aromatic heterocycles. The van der Waals surface area contributed by atoms with E-state index in [1.807, 2.05) is 0 Å². The Balaban J connectivity index is 1.72. The van der Waals surface area contributed by atoms with Gasteiger partial charge in [-0.2, -0.15) is 0 Å². The highest BCUT2D eigenvalue weighted by atomic mass is 16.5. The fourth-order valence-electron chi connectivity index (χ4n) is 2.80. The number of rotatable bonds is 3. The van der Waals surface area contributed by atoms with Crippen LogP contribution < -0.4 is 11.1 Å². The average molecular weight is 240 g/mol. The molecule has 3 N–H and O–H groups in total. The normalized spacial score (nSPS) is 34.3. The van der Waals surface area contributed by atoms with Crippen molar-refractivity contribution in [3.8, 4) is 0 Å². The first kappa shape index (κ1) is 12.8. The van der Waals surface area contributed by atoms with Gasteiger partial charge in [-0.3, -0.25) is 4.79 Å². The van der Waals surface area contributed by atoms with E-state index in [0.29, 0.717) is 6.54 Å². The molecule has 0 radical (unpaired) electrons. The molecule has 4 nitrogen and oxygen atoms in total. The average Bonchev–Trinajstić information content (AvgIpc) is 2.38. The van der Waals surface area contributed by atoms with Crippen molar-refractivity contribution in [3.63, 3.8) is 0 Å². The summed E-state index contributed by atoms with van der Waals surface area (Å²) in [5, 5.41) is 3.01. The van der Waals surface area contributed by atoms with Crippen LogP contribution in [0.4, 0.5) is 0 Å². The predicted octanol–water partition coefficient (Wildman–Crippen LogP) is 1.19. The summed E-state index contributed by atoms with van der Waals surface area (Å²) in [5.41, 5.74) is 6.00. The molecule has 2 aliphatic rings. The molecule has 1 aliphatic carbocycles.